The number of aryl methyl sites for hydroxylation is 1. The van der Waals surface area contributed by atoms with Crippen molar-refractivity contribution in [1.82, 2.24) is 15.2 Å². The fourth-order valence-corrected chi connectivity index (χ4v) is 2.81. The van der Waals surface area contributed by atoms with Gasteiger partial charge in [0, 0.05) is 16.1 Å². The van der Waals surface area contributed by atoms with E-state index in [9.17, 15) is 13.6 Å². The molecule has 3 rings (SSSR count). The number of benzene rings is 2. The van der Waals surface area contributed by atoms with Crippen LogP contribution in [0.4, 0.5) is 14.5 Å². The second kappa shape index (κ2) is 7.43. The number of anilines is 1. The number of hydrogen-bond donors (Lipinski definition) is 2. The lowest BCUT2D eigenvalue weighted by molar-refractivity contribution is -0.113. The second-order valence-electron chi connectivity index (χ2n) is 5.23. The lowest BCUT2D eigenvalue weighted by Gasteiger charge is -2.06. The number of carbonyl (C=O) groups excluding carboxylic acids is 1. The van der Waals surface area contributed by atoms with Gasteiger partial charge in [0.1, 0.15) is 5.82 Å². The van der Waals surface area contributed by atoms with Gasteiger partial charge in [-0.15, -0.1) is 11.8 Å². The molecule has 8 heteroatoms. The smallest absolute Gasteiger partial charge is 0.234 e. The molecular formula is C17H14F2N4OS. The van der Waals surface area contributed by atoms with Crippen molar-refractivity contribution >= 4 is 23.4 Å². The van der Waals surface area contributed by atoms with Crippen molar-refractivity contribution in [2.45, 2.75) is 11.8 Å². The maximum absolute atomic E-state index is 13.1. The number of carbonyl (C=O) groups is 1. The van der Waals surface area contributed by atoms with Crippen LogP contribution in [-0.4, -0.2) is 26.8 Å². The van der Waals surface area contributed by atoms with Gasteiger partial charge in [0.05, 0.1) is 5.75 Å². The van der Waals surface area contributed by atoms with Crippen molar-refractivity contribution in [3.63, 3.8) is 0 Å². The number of aromatic amines is 1. The highest BCUT2D eigenvalue weighted by molar-refractivity contribution is 8.00. The number of H-pyrrole nitrogens is 1. The maximum Gasteiger partial charge on any atom is 0.234 e. The Morgan fingerprint density at radius 3 is 2.56 bits per heavy atom. The van der Waals surface area contributed by atoms with Crippen molar-refractivity contribution < 1.29 is 13.6 Å². The molecule has 1 heterocycles. The van der Waals surface area contributed by atoms with Gasteiger partial charge < -0.3 is 5.32 Å². The van der Waals surface area contributed by atoms with Crippen LogP contribution >= 0.6 is 11.8 Å². The minimum Gasteiger partial charge on any atom is -0.325 e. The van der Waals surface area contributed by atoms with E-state index >= 15 is 0 Å². The molecule has 3 aromatic rings. The van der Waals surface area contributed by atoms with E-state index in [0.29, 0.717) is 16.4 Å². The standard InChI is InChI=1S/C17H14F2N4OS/c1-10-20-17(23-22-10)11-2-4-12(5-3-11)21-16(24)9-25-13-6-7-14(18)15(19)8-13/h2-8H,9H2,1H3,(H,21,24)(H,20,22,23). The molecule has 0 aliphatic rings. The number of nitrogens with one attached hydrogen (secondary N) is 2. The summed E-state index contributed by atoms with van der Waals surface area (Å²) in [6.45, 7) is 1.82. The zero-order chi connectivity index (χ0) is 17.8. The van der Waals surface area contributed by atoms with E-state index in [1.807, 2.05) is 6.92 Å². The molecule has 0 aliphatic heterocycles. The minimum atomic E-state index is -0.928. The average Bonchev–Trinajstić information content (AvgIpc) is 3.03. The molecule has 0 saturated heterocycles. The number of rotatable bonds is 5. The first-order chi connectivity index (χ1) is 12.0. The van der Waals surface area contributed by atoms with Crippen LogP contribution in [0.2, 0.25) is 0 Å². The Hall–Kier alpha value is -2.74. The van der Waals surface area contributed by atoms with Crippen LogP contribution in [-0.2, 0) is 4.79 Å². The fraction of sp³-hybridized carbons (Fsp3) is 0.118. The highest BCUT2D eigenvalue weighted by Crippen LogP contribution is 2.21. The van der Waals surface area contributed by atoms with E-state index < -0.39 is 11.6 Å². The van der Waals surface area contributed by atoms with Gasteiger partial charge in [-0.3, -0.25) is 9.89 Å². The van der Waals surface area contributed by atoms with E-state index in [-0.39, 0.29) is 11.7 Å². The Labute approximate surface area is 146 Å². The molecule has 0 radical (unpaired) electrons. The van der Waals surface area contributed by atoms with Gasteiger partial charge in [0.15, 0.2) is 17.5 Å². The van der Waals surface area contributed by atoms with Gasteiger partial charge in [-0.25, -0.2) is 13.8 Å². The average molecular weight is 360 g/mol. The molecule has 1 aromatic heterocycles. The Balaban J connectivity index is 1.56. The number of hydrogen-bond acceptors (Lipinski definition) is 4. The van der Waals surface area contributed by atoms with Crippen molar-refractivity contribution in [3.8, 4) is 11.4 Å². The minimum absolute atomic E-state index is 0.0902. The lowest BCUT2D eigenvalue weighted by Crippen LogP contribution is -2.13. The lowest BCUT2D eigenvalue weighted by atomic mass is 10.2. The zero-order valence-corrected chi connectivity index (χ0v) is 14.0. The van der Waals surface area contributed by atoms with Gasteiger partial charge in [-0.1, -0.05) is 0 Å². The zero-order valence-electron chi connectivity index (χ0n) is 13.2. The molecule has 0 fully saturated rings. The van der Waals surface area contributed by atoms with E-state index in [1.54, 1.807) is 24.3 Å². The molecule has 0 atom stereocenters. The third-order valence-electron chi connectivity index (χ3n) is 3.29. The Kier molecular flexibility index (Phi) is 5.08. The number of aromatic nitrogens is 3. The summed E-state index contributed by atoms with van der Waals surface area (Å²) in [6, 6.07) is 10.7. The summed E-state index contributed by atoms with van der Waals surface area (Å²) in [5.41, 5.74) is 1.46. The number of halogens is 2. The number of nitrogens with zero attached hydrogens (tertiary/aromatic N) is 2. The number of thioether (sulfide) groups is 1. The monoisotopic (exact) mass is 360 g/mol. The molecule has 1 amide bonds. The summed E-state index contributed by atoms with van der Waals surface area (Å²) >= 11 is 1.13. The molecule has 25 heavy (non-hydrogen) atoms. The molecule has 2 aromatic carbocycles. The van der Waals surface area contributed by atoms with Crippen LogP contribution in [0.15, 0.2) is 47.4 Å². The molecule has 128 valence electrons. The molecule has 0 spiro atoms. The van der Waals surface area contributed by atoms with Gasteiger partial charge in [-0.05, 0) is 49.4 Å². The highest BCUT2D eigenvalue weighted by Gasteiger charge is 2.08. The maximum atomic E-state index is 13.1. The normalized spacial score (nSPS) is 10.7. The topological polar surface area (TPSA) is 70.7 Å². The van der Waals surface area contributed by atoms with Crippen LogP contribution in [0.25, 0.3) is 11.4 Å². The third kappa shape index (κ3) is 4.42. The van der Waals surface area contributed by atoms with Crippen LogP contribution in [0, 0.1) is 18.6 Å². The summed E-state index contributed by atoms with van der Waals surface area (Å²) in [6.07, 6.45) is 0. The largest absolute Gasteiger partial charge is 0.325 e. The van der Waals surface area contributed by atoms with Gasteiger partial charge in [0.2, 0.25) is 5.91 Å². The third-order valence-corrected chi connectivity index (χ3v) is 4.28. The molecule has 2 N–H and O–H groups in total. The first kappa shape index (κ1) is 17.1. The van der Waals surface area contributed by atoms with Crippen molar-refractivity contribution in [1.29, 1.82) is 0 Å². The second-order valence-corrected chi connectivity index (χ2v) is 6.28. The highest BCUT2D eigenvalue weighted by atomic mass is 32.2. The van der Waals surface area contributed by atoms with Crippen molar-refractivity contribution in [3.05, 3.63) is 59.9 Å². The van der Waals surface area contributed by atoms with Crippen LogP contribution < -0.4 is 5.32 Å². The van der Waals surface area contributed by atoms with Crippen LogP contribution in [0.1, 0.15) is 5.82 Å². The van der Waals surface area contributed by atoms with Gasteiger partial charge in [-0.2, -0.15) is 5.10 Å². The Bertz CT molecular complexity index is 896. The molecule has 0 aliphatic carbocycles. The molecular weight excluding hydrogens is 346 g/mol. The van der Waals surface area contributed by atoms with Crippen molar-refractivity contribution in [2.75, 3.05) is 11.1 Å². The van der Waals surface area contributed by atoms with Gasteiger partial charge >= 0.3 is 0 Å². The van der Waals surface area contributed by atoms with E-state index in [1.165, 1.54) is 6.07 Å². The fourth-order valence-electron chi connectivity index (χ4n) is 2.09. The SMILES string of the molecule is Cc1nc(-c2ccc(NC(=O)CSc3ccc(F)c(F)c3)cc2)n[nH]1. The van der Waals surface area contributed by atoms with E-state index in [0.717, 1.165) is 35.3 Å². The summed E-state index contributed by atoms with van der Waals surface area (Å²) in [5.74, 6) is -0.673. The van der Waals surface area contributed by atoms with Crippen LogP contribution in [0.3, 0.4) is 0 Å². The van der Waals surface area contributed by atoms with E-state index in [2.05, 4.69) is 20.5 Å². The predicted octanol–water partition coefficient (Wildman–Crippen LogP) is 3.79. The summed E-state index contributed by atoms with van der Waals surface area (Å²) < 4.78 is 26.0. The van der Waals surface area contributed by atoms with Gasteiger partial charge in [0.25, 0.3) is 0 Å². The summed E-state index contributed by atoms with van der Waals surface area (Å²) in [5, 5.41) is 9.58. The summed E-state index contributed by atoms with van der Waals surface area (Å²) in [4.78, 5) is 16.7. The van der Waals surface area contributed by atoms with Crippen molar-refractivity contribution in [2.24, 2.45) is 0 Å². The molecule has 5 nitrogen and oxygen atoms in total. The Morgan fingerprint density at radius 1 is 1.16 bits per heavy atom. The first-order valence-electron chi connectivity index (χ1n) is 7.38. The molecule has 0 unspecified atom stereocenters. The Morgan fingerprint density at radius 2 is 1.92 bits per heavy atom. The van der Waals surface area contributed by atoms with E-state index in [4.69, 9.17) is 0 Å². The first-order valence-corrected chi connectivity index (χ1v) is 8.37. The predicted molar refractivity (Wildman–Crippen MR) is 92.3 cm³/mol. The molecule has 0 bridgehead atoms. The molecule has 0 saturated carbocycles. The quantitative estimate of drug-likeness (QED) is 0.679. The number of amides is 1. The summed E-state index contributed by atoms with van der Waals surface area (Å²) in [7, 11) is 0. The van der Waals surface area contributed by atoms with Crippen LogP contribution in [0.5, 0.6) is 0 Å².